The molecule has 1 unspecified atom stereocenters. The number of fused-ring (bicyclic) bond motifs is 1. The predicted molar refractivity (Wildman–Crippen MR) is 123 cm³/mol. The highest BCUT2D eigenvalue weighted by Crippen LogP contribution is 2.24. The molecule has 0 spiro atoms. The Labute approximate surface area is 195 Å². The van der Waals surface area contributed by atoms with Crippen LogP contribution in [0.25, 0.3) is 0 Å². The molecule has 1 N–H and O–H groups in total. The van der Waals surface area contributed by atoms with Crippen molar-refractivity contribution in [3.05, 3.63) is 63.6 Å². The van der Waals surface area contributed by atoms with Crippen LogP contribution in [0.2, 0.25) is 0 Å². The first-order valence-electron chi connectivity index (χ1n) is 10.9. The largest absolute Gasteiger partial charge is 0.340 e. The van der Waals surface area contributed by atoms with Crippen LogP contribution in [0, 0.1) is 5.92 Å². The monoisotopic (exact) mass is 466 g/mol. The molecule has 0 saturated heterocycles. The number of pyridine rings is 1. The Balaban J connectivity index is 1.51. The summed E-state index contributed by atoms with van der Waals surface area (Å²) in [5, 5.41) is 13.5. The minimum atomic E-state index is -0.349. The maximum absolute atomic E-state index is 13.0. The molecule has 1 atom stereocenters. The van der Waals surface area contributed by atoms with Gasteiger partial charge < -0.3 is 14.8 Å². The number of aromatic nitrogens is 4. The van der Waals surface area contributed by atoms with Crippen LogP contribution in [-0.2, 0) is 13.0 Å². The van der Waals surface area contributed by atoms with Gasteiger partial charge in [-0.1, -0.05) is 19.9 Å². The lowest BCUT2D eigenvalue weighted by Crippen LogP contribution is -2.35. The second kappa shape index (κ2) is 9.62. The Hall–Kier alpha value is -3.40. The lowest BCUT2D eigenvalue weighted by molar-refractivity contribution is 0.0759. The zero-order chi connectivity index (χ0) is 23.5. The van der Waals surface area contributed by atoms with Crippen molar-refractivity contribution in [3.63, 3.8) is 0 Å². The van der Waals surface area contributed by atoms with E-state index in [9.17, 15) is 14.4 Å². The van der Waals surface area contributed by atoms with Gasteiger partial charge in [0.15, 0.2) is 11.6 Å². The highest BCUT2D eigenvalue weighted by molar-refractivity contribution is 7.12. The van der Waals surface area contributed by atoms with E-state index in [-0.39, 0.29) is 29.6 Å². The number of ketones is 1. The van der Waals surface area contributed by atoms with E-state index in [2.05, 4.69) is 20.5 Å². The van der Waals surface area contributed by atoms with Crippen molar-refractivity contribution in [2.24, 2.45) is 5.92 Å². The van der Waals surface area contributed by atoms with Crippen LogP contribution < -0.4 is 5.32 Å². The zero-order valence-electron chi connectivity index (χ0n) is 18.8. The van der Waals surface area contributed by atoms with E-state index >= 15 is 0 Å². The fourth-order valence-electron chi connectivity index (χ4n) is 3.84. The lowest BCUT2D eigenvalue weighted by atomic mass is 10.0. The van der Waals surface area contributed by atoms with Crippen molar-refractivity contribution in [2.45, 2.75) is 39.8 Å². The molecule has 9 nitrogen and oxygen atoms in total. The SMILES string of the molecule is CC(=O)c1cc(C(=O)N2CCc3nnc(C(NC(=O)c4ccccn4)C(C)C)n3CC2)cs1. The highest BCUT2D eigenvalue weighted by Gasteiger charge is 2.29. The average Bonchev–Trinajstić information content (AvgIpc) is 3.40. The molecule has 4 rings (SSSR count). The van der Waals surface area contributed by atoms with E-state index < -0.39 is 0 Å². The normalized spacial score (nSPS) is 14.5. The zero-order valence-corrected chi connectivity index (χ0v) is 19.6. The molecule has 0 aromatic carbocycles. The third-order valence-electron chi connectivity index (χ3n) is 5.66. The molecule has 4 heterocycles. The number of hydrogen-bond acceptors (Lipinski definition) is 7. The summed E-state index contributed by atoms with van der Waals surface area (Å²) >= 11 is 1.29. The number of carbonyl (C=O) groups is 3. The van der Waals surface area contributed by atoms with Gasteiger partial charge in [0.05, 0.1) is 16.5 Å². The molecule has 1 aliphatic heterocycles. The van der Waals surface area contributed by atoms with Crippen LogP contribution in [0.15, 0.2) is 35.8 Å². The number of Topliss-reactive ketones (excluding diaryl/α,β-unsaturated/α-hetero) is 1. The van der Waals surface area contributed by atoms with E-state index in [1.165, 1.54) is 18.3 Å². The number of amides is 2. The summed E-state index contributed by atoms with van der Waals surface area (Å²) in [6, 6.07) is 6.52. The first kappa shape index (κ1) is 22.8. The Kier molecular flexibility index (Phi) is 6.64. The quantitative estimate of drug-likeness (QED) is 0.560. The maximum atomic E-state index is 13.0. The van der Waals surface area contributed by atoms with E-state index in [0.29, 0.717) is 48.0 Å². The van der Waals surface area contributed by atoms with Crippen LogP contribution >= 0.6 is 11.3 Å². The number of carbonyl (C=O) groups excluding carboxylic acids is 3. The maximum Gasteiger partial charge on any atom is 0.270 e. The molecular formula is C23H26N6O3S. The van der Waals surface area contributed by atoms with Gasteiger partial charge in [-0.05, 0) is 31.0 Å². The minimum absolute atomic E-state index is 0.0433. The summed E-state index contributed by atoms with van der Waals surface area (Å²) in [6.07, 6.45) is 2.14. The van der Waals surface area contributed by atoms with Gasteiger partial charge in [-0.25, -0.2) is 0 Å². The second-order valence-electron chi connectivity index (χ2n) is 8.33. The smallest absolute Gasteiger partial charge is 0.270 e. The average molecular weight is 467 g/mol. The van der Waals surface area contributed by atoms with E-state index in [4.69, 9.17) is 0 Å². The third kappa shape index (κ3) is 4.85. The fourth-order valence-corrected chi connectivity index (χ4v) is 4.62. The predicted octanol–water partition coefficient (Wildman–Crippen LogP) is 2.76. The number of nitrogens with one attached hydrogen (secondary N) is 1. The van der Waals surface area contributed by atoms with Crippen molar-refractivity contribution >= 4 is 28.9 Å². The van der Waals surface area contributed by atoms with Gasteiger partial charge in [0, 0.05) is 37.6 Å². The van der Waals surface area contributed by atoms with Gasteiger partial charge in [-0.2, -0.15) is 0 Å². The molecule has 0 radical (unpaired) electrons. The van der Waals surface area contributed by atoms with Gasteiger partial charge in [-0.15, -0.1) is 21.5 Å². The van der Waals surface area contributed by atoms with Crippen LogP contribution in [0.5, 0.6) is 0 Å². The summed E-state index contributed by atoms with van der Waals surface area (Å²) in [4.78, 5) is 43.8. The Morgan fingerprint density at radius 1 is 1.12 bits per heavy atom. The summed E-state index contributed by atoms with van der Waals surface area (Å²) < 4.78 is 2.01. The van der Waals surface area contributed by atoms with Gasteiger partial charge in [-0.3, -0.25) is 19.4 Å². The minimum Gasteiger partial charge on any atom is -0.340 e. The van der Waals surface area contributed by atoms with Crippen molar-refractivity contribution in [3.8, 4) is 0 Å². The first-order valence-corrected chi connectivity index (χ1v) is 11.8. The molecule has 3 aromatic rings. The molecule has 0 fully saturated rings. The molecule has 33 heavy (non-hydrogen) atoms. The van der Waals surface area contributed by atoms with Crippen LogP contribution in [0.3, 0.4) is 0 Å². The van der Waals surface area contributed by atoms with Gasteiger partial charge in [0.1, 0.15) is 11.5 Å². The van der Waals surface area contributed by atoms with E-state index in [0.717, 1.165) is 5.82 Å². The fraction of sp³-hybridized carbons (Fsp3) is 0.391. The standard InChI is InChI=1S/C23H26N6O3S/c1-14(2)20(25-22(31)17-6-4-5-8-24-17)21-27-26-19-7-9-28(10-11-29(19)21)23(32)16-12-18(15(3)30)33-13-16/h4-6,8,12-14,20H,7,9-11H2,1-3H3,(H,25,31). The molecular weight excluding hydrogens is 440 g/mol. The summed E-state index contributed by atoms with van der Waals surface area (Å²) in [6.45, 7) is 7.05. The summed E-state index contributed by atoms with van der Waals surface area (Å²) in [5.74, 6) is 1.13. The lowest BCUT2D eigenvalue weighted by Gasteiger charge is -2.23. The summed E-state index contributed by atoms with van der Waals surface area (Å²) in [7, 11) is 0. The Morgan fingerprint density at radius 2 is 1.94 bits per heavy atom. The van der Waals surface area contributed by atoms with E-state index in [1.54, 1.807) is 40.7 Å². The van der Waals surface area contributed by atoms with E-state index in [1.807, 2.05) is 18.4 Å². The number of thiophene rings is 1. The second-order valence-corrected chi connectivity index (χ2v) is 9.25. The van der Waals surface area contributed by atoms with Gasteiger partial charge in [0.2, 0.25) is 0 Å². The van der Waals surface area contributed by atoms with Crippen molar-refractivity contribution in [2.75, 3.05) is 13.1 Å². The van der Waals surface area contributed by atoms with Crippen molar-refractivity contribution < 1.29 is 14.4 Å². The topological polar surface area (TPSA) is 110 Å². The molecule has 172 valence electrons. The highest BCUT2D eigenvalue weighted by atomic mass is 32.1. The Bertz CT molecular complexity index is 1170. The molecule has 0 saturated carbocycles. The van der Waals surface area contributed by atoms with Crippen LogP contribution in [0.1, 0.15) is 69.0 Å². The molecule has 2 amide bonds. The summed E-state index contributed by atoms with van der Waals surface area (Å²) in [5.41, 5.74) is 0.877. The molecule has 1 aliphatic rings. The molecule has 3 aromatic heterocycles. The third-order valence-corrected chi connectivity index (χ3v) is 6.70. The van der Waals surface area contributed by atoms with Crippen LogP contribution in [-0.4, -0.2) is 55.3 Å². The first-order chi connectivity index (χ1) is 15.8. The van der Waals surface area contributed by atoms with Crippen LogP contribution in [0.4, 0.5) is 0 Å². The van der Waals surface area contributed by atoms with Crippen molar-refractivity contribution in [1.82, 2.24) is 30.0 Å². The molecule has 0 bridgehead atoms. The number of hydrogen-bond donors (Lipinski definition) is 1. The van der Waals surface area contributed by atoms with Gasteiger partial charge >= 0.3 is 0 Å². The number of nitrogens with zero attached hydrogens (tertiary/aromatic N) is 5. The molecule has 10 heteroatoms. The molecule has 0 aliphatic carbocycles. The number of rotatable bonds is 6. The van der Waals surface area contributed by atoms with Crippen molar-refractivity contribution in [1.29, 1.82) is 0 Å². The Morgan fingerprint density at radius 3 is 2.61 bits per heavy atom. The van der Waals surface area contributed by atoms with Gasteiger partial charge in [0.25, 0.3) is 11.8 Å².